The third-order valence-corrected chi connectivity index (χ3v) is 4.85. The maximum absolute atomic E-state index is 6.50. The molecule has 5 nitrogen and oxygen atoms in total. The van der Waals surface area contributed by atoms with Gasteiger partial charge in [0.15, 0.2) is 8.32 Å². The lowest BCUT2D eigenvalue weighted by Crippen LogP contribution is -2.46. The zero-order valence-electron chi connectivity index (χ0n) is 15.2. The van der Waals surface area contributed by atoms with Crippen LogP contribution >= 0.6 is 15.9 Å². The van der Waals surface area contributed by atoms with Crippen molar-refractivity contribution in [3.63, 3.8) is 0 Å². The lowest BCUT2D eigenvalue weighted by atomic mass is 9.88. The Morgan fingerprint density at radius 1 is 1.12 bits per heavy atom. The molecule has 0 aliphatic rings. The average molecular weight is 412 g/mol. The first kappa shape index (κ1) is 19.1. The van der Waals surface area contributed by atoms with E-state index in [0.29, 0.717) is 0 Å². The minimum atomic E-state index is -1.78. The van der Waals surface area contributed by atoms with Gasteiger partial charge in [0.25, 0.3) is 0 Å². The van der Waals surface area contributed by atoms with Crippen molar-refractivity contribution in [3.05, 3.63) is 41.4 Å². The highest BCUT2D eigenvalue weighted by atomic mass is 79.9. The first-order valence-electron chi connectivity index (χ1n) is 8.00. The molecule has 1 heterocycles. The van der Waals surface area contributed by atoms with E-state index < -0.39 is 8.32 Å². The zero-order valence-corrected chi connectivity index (χ0v) is 17.7. The van der Waals surface area contributed by atoms with E-state index in [9.17, 15) is 0 Å². The molecule has 0 fully saturated rings. The Kier molecular flexibility index (Phi) is 5.88. The molecule has 2 aromatic rings. The van der Waals surface area contributed by atoms with E-state index in [1.165, 1.54) is 6.33 Å². The minimum absolute atomic E-state index is 0.119. The Labute approximate surface area is 153 Å². The van der Waals surface area contributed by atoms with Crippen LogP contribution in [-0.2, 0) is 4.43 Å². The summed E-state index contributed by atoms with van der Waals surface area (Å²) in [5.41, 5.74) is -0.119. The molecule has 2 unspecified atom stereocenters. The second kappa shape index (κ2) is 7.37. The summed E-state index contributed by atoms with van der Waals surface area (Å²) >= 11 is 3.45. The van der Waals surface area contributed by atoms with Crippen molar-refractivity contribution in [3.8, 4) is 5.75 Å². The van der Waals surface area contributed by atoms with Crippen molar-refractivity contribution in [2.75, 3.05) is 0 Å². The van der Waals surface area contributed by atoms with Crippen LogP contribution in [0.5, 0.6) is 5.75 Å². The fourth-order valence-electron chi connectivity index (χ4n) is 2.30. The Balaban J connectivity index is 2.37. The monoisotopic (exact) mass is 411 g/mol. The van der Waals surface area contributed by atoms with Crippen LogP contribution < -0.4 is 4.74 Å². The van der Waals surface area contributed by atoms with E-state index in [1.807, 2.05) is 24.3 Å². The van der Waals surface area contributed by atoms with Gasteiger partial charge in [0.1, 0.15) is 24.5 Å². The van der Waals surface area contributed by atoms with E-state index >= 15 is 0 Å². The smallest absolute Gasteiger partial charge is 0.218 e. The SMILES string of the molecule is CC(C)(C)C(O[Si](C)(C)C)C(Oc1ccc(Br)cc1)n1cncn1. The predicted octanol–water partition coefficient (Wildman–Crippen LogP) is 4.88. The third-order valence-electron chi connectivity index (χ3n) is 3.36. The number of rotatable bonds is 6. The molecule has 1 aromatic carbocycles. The molecule has 0 saturated heterocycles. The highest BCUT2D eigenvalue weighted by Crippen LogP contribution is 2.35. The quantitative estimate of drug-likeness (QED) is 0.635. The van der Waals surface area contributed by atoms with Gasteiger partial charge in [-0.15, -0.1) is 0 Å². The van der Waals surface area contributed by atoms with Crippen LogP contribution in [0.4, 0.5) is 0 Å². The van der Waals surface area contributed by atoms with E-state index in [-0.39, 0.29) is 17.7 Å². The van der Waals surface area contributed by atoms with Crippen molar-refractivity contribution in [1.82, 2.24) is 14.8 Å². The van der Waals surface area contributed by atoms with Gasteiger partial charge in [-0.3, -0.25) is 0 Å². The van der Waals surface area contributed by atoms with Crippen LogP contribution in [0.3, 0.4) is 0 Å². The van der Waals surface area contributed by atoms with Crippen molar-refractivity contribution in [1.29, 1.82) is 0 Å². The topological polar surface area (TPSA) is 49.2 Å². The maximum atomic E-state index is 6.50. The summed E-state index contributed by atoms with van der Waals surface area (Å²) in [6.07, 6.45) is 2.65. The third kappa shape index (κ3) is 5.43. The fraction of sp³-hybridized carbons (Fsp3) is 0.529. The van der Waals surface area contributed by atoms with Crippen LogP contribution in [0.1, 0.15) is 27.0 Å². The lowest BCUT2D eigenvalue weighted by Gasteiger charge is -2.40. The number of ether oxygens (including phenoxy) is 1. The molecule has 2 atom stereocenters. The zero-order chi connectivity index (χ0) is 18.0. The predicted molar refractivity (Wildman–Crippen MR) is 102 cm³/mol. The summed E-state index contributed by atoms with van der Waals surface area (Å²) < 4.78 is 15.5. The average Bonchev–Trinajstić information content (AvgIpc) is 2.96. The molecule has 1 aromatic heterocycles. The molecule has 2 rings (SSSR count). The van der Waals surface area contributed by atoms with E-state index in [0.717, 1.165) is 10.2 Å². The second-order valence-electron chi connectivity index (χ2n) is 7.85. The maximum Gasteiger partial charge on any atom is 0.218 e. The summed E-state index contributed by atoms with van der Waals surface area (Å²) in [6, 6.07) is 7.78. The molecule has 0 aliphatic heterocycles. The fourth-order valence-corrected chi connectivity index (χ4v) is 3.80. The van der Waals surface area contributed by atoms with Gasteiger partial charge in [0, 0.05) is 4.47 Å². The molecule has 24 heavy (non-hydrogen) atoms. The number of halogens is 1. The van der Waals surface area contributed by atoms with Crippen molar-refractivity contribution in [2.24, 2.45) is 5.41 Å². The minimum Gasteiger partial charge on any atom is -0.466 e. The number of aromatic nitrogens is 3. The Morgan fingerprint density at radius 2 is 1.75 bits per heavy atom. The van der Waals surface area contributed by atoms with E-state index in [1.54, 1.807) is 11.0 Å². The van der Waals surface area contributed by atoms with Gasteiger partial charge in [-0.2, -0.15) is 5.10 Å². The summed E-state index contributed by atoms with van der Waals surface area (Å²) in [5, 5.41) is 4.30. The Morgan fingerprint density at radius 3 is 2.21 bits per heavy atom. The van der Waals surface area contributed by atoms with Crippen LogP contribution in [0, 0.1) is 5.41 Å². The van der Waals surface area contributed by atoms with Gasteiger partial charge in [-0.1, -0.05) is 36.7 Å². The molecule has 0 bridgehead atoms. The van der Waals surface area contributed by atoms with E-state index in [4.69, 9.17) is 9.16 Å². The van der Waals surface area contributed by atoms with Gasteiger partial charge in [-0.25, -0.2) is 9.67 Å². The molecule has 0 spiro atoms. The summed E-state index contributed by atoms with van der Waals surface area (Å²) in [7, 11) is -1.78. The molecule has 0 radical (unpaired) electrons. The lowest BCUT2D eigenvalue weighted by molar-refractivity contribution is -0.0620. The first-order chi connectivity index (χ1) is 11.1. The highest BCUT2D eigenvalue weighted by molar-refractivity contribution is 9.10. The summed E-state index contributed by atoms with van der Waals surface area (Å²) in [4.78, 5) is 4.08. The standard InChI is InChI=1S/C17H26BrN3O2Si/c1-17(2,3)15(23-24(4,5)6)16(21-12-19-11-20-21)22-14-9-7-13(18)8-10-14/h7-12,15-16H,1-6H3. The Hall–Kier alpha value is -1.18. The molecule has 0 saturated carbocycles. The van der Waals surface area contributed by atoms with Crippen LogP contribution in [0.25, 0.3) is 0 Å². The van der Waals surface area contributed by atoms with Gasteiger partial charge in [-0.05, 0) is 49.3 Å². The molecule has 0 N–H and O–H groups in total. The van der Waals surface area contributed by atoms with E-state index in [2.05, 4.69) is 66.4 Å². The number of benzene rings is 1. The molecule has 0 amide bonds. The second-order valence-corrected chi connectivity index (χ2v) is 13.2. The van der Waals surface area contributed by atoms with Gasteiger partial charge < -0.3 is 9.16 Å². The number of hydrogen-bond donors (Lipinski definition) is 0. The normalized spacial score (nSPS) is 15.1. The highest BCUT2D eigenvalue weighted by Gasteiger charge is 2.39. The number of nitrogens with zero attached hydrogens (tertiary/aromatic N) is 3. The van der Waals surface area contributed by atoms with Gasteiger partial charge in [0.05, 0.1) is 0 Å². The van der Waals surface area contributed by atoms with Crippen LogP contribution in [0.2, 0.25) is 19.6 Å². The van der Waals surface area contributed by atoms with Crippen LogP contribution in [0.15, 0.2) is 41.4 Å². The Bertz CT molecular complexity index is 633. The van der Waals surface area contributed by atoms with Crippen molar-refractivity contribution in [2.45, 2.75) is 52.7 Å². The first-order valence-corrected chi connectivity index (χ1v) is 12.2. The summed E-state index contributed by atoms with van der Waals surface area (Å²) in [6.45, 7) is 13.0. The van der Waals surface area contributed by atoms with Crippen LogP contribution in [-0.4, -0.2) is 29.2 Å². The molecular formula is C17H26BrN3O2Si. The largest absolute Gasteiger partial charge is 0.466 e. The summed E-state index contributed by atoms with van der Waals surface area (Å²) in [5.74, 6) is 0.770. The molecule has 7 heteroatoms. The van der Waals surface area contributed by atoms with Crippen molar-refractivity contribution >= 4 is 24.2 Å². The van der Waals surface area contributed by atoms with Gasteiger partial charge >= 0.3 is 0 Å². The molecular weight excluding hydrogens is 386 g/mol. The number of hydrogen-bond acceptors (Lipinski definition) is 4. The molecule has 0 aliphatic carbocycles. The van der Waals surface area contributed by atoms with Gasteiger partial charge in [0.2, 0.25) is 6.23 Å². The molecule has 132 valence electrons. The van der Waals surface area contributed by atoms with Crippen molar-refractivity contribution < 1.29 is 9.16 Å².